The summed E-state index contributed by atoms with van der Waals surface area (Å²) in [5.74, 6) is 1.68. The molecule has 0 spiro atoms. The molecule has 2 rings (SSSR count). The van der Waals surface area contributed by atoms with Gasteiger partial charge in [-0.05, 0) is 18.6 Å². The van der Waals surface area contributed by atoms with Crippen molar-refractivity contribution in [2.24, 2.45) is 0 Å². The highest BCUT2D eigenvalue weighted by Crippen LogP contribution is 2.28. The normalized spacial score (nSPS) is 12.1. The van der Waals surface area contributed by atoms with Crippen LogP contribution in [0.2, 0.25) is 0 Å². The van der Waals surface area contributed by atoms with Gasteiger partial charge in [-0.2, -0.15) is 0 Å². The second-order valence-electron chi connectivity index (χ2n) is 4.03. The second kappa shape index (κ2) is 5.44. The van der Waals surface area contributed by atoms with E-state index in [0.717, 1.165) is 23.7 Å². The second-order valence-corrected chi connectivity index (χ2v) is 4.03. The lowest BCUT2D eigenvalue weighted by Crippen LogP contribution is -2.12. The van der Waals surface area contributed by atoms with Gasteiger partial charge in [0.2, 0.25) is 0 Å². The van der Waals surface area contributed by atoms with Crippen LogP contribution in [0.4, 0.5) is 11.4 Å². The molecule has 0 radical (unpaired) electrons. The molecule has 96 valence electrons. The first-order chi connectivity index (χ1) is 8.74. The van der Waals surface area contributed by atoms with Crippen molar-refractivity contribution in [3.05, 3.63) is 36.4 Å². The highest BCUT2D eigenvalue weighted by Gasteiger charge is 2.13. The standard InChI is InChI=1S/C13H18N4O/c1-3-11(13-15-6-7-16-13)17-12-8-9(18-2)4-5-10(12)14/h4-8,11,17H,3,14H2,1-2H3,(H,15,16). The smallest absolute Gasteiger partial charge is 0.128 e. The van der Waals surface area contributed by atoms with Gasteiger partial charge in [0.1, 0.15) is 11.6 Å². The average Bonchev–Trinajstić information content (AvgIpc) is 2.91. The predicted octanol–water partition coefficient (Wildman–Crippen LogP) is 2.56. The third kappa shape index (κ3) is 2.56. The fourth-order valence-corrected chi connectivity index (χ4v) is 1.81. The maximum absolute atomic E-state index is 5.95. The van der Waals surface area contributed by atoms with E-state index in [9.17, 15) is 0 Å². The van der Waals surface area contributed by atoms with Gasteiger partial charge in [-0.15, -0.1) is 0 Å². The number of rotatable bonds is 5. The van der Waals surface area contributed by atoms with E-state index < -0.39 is 0 Å². The van der Waals surface area contributed by atoms with Gasteiger partial charge in [-0.1, -0.05) is 6.92 Å². The molecule has 0 amide bonds. The quantitative estimate of drug-likeness (QED) is 0.709. The number of ether oxygens (including phenoxy) is 1. The minimum Gasteiger partial charge on any atom is -0.497 e. The van der Waals surface area contributed by atoms with Gasteiger partial charge in [-0.25, -0.2) is 4.98 Å². The molecule has 1 atom stereocenters. The molecule has 18 heavy (non-hydrogen) atoms. The molecular weight excluding hydrogens is 228 g/mol. The highest BCUT2D eigenvalue weighted by molar-refractivity contribution is 5.68. The molecule has 0 aliphatic rings. The first kappa shape index (κ1) is 12.3. The van der Waals surface area contributed by atoms with Crippen LogP contribution in [0.1, 0.15) is 25.2 Å². The van der Waals surface area contributed by atoms with Crippen LogP contribution in [0.5, 0.6) is 5.75 Å². The lowest BCUT2D eigenvalue weighted by molar-refractivity contribution is 0.415. The molecule has 1 aromatic carbocycles. The summed E-state index contributed by atoms with van der Waals surface area (Å²) in [5.41, 5.74) is 7.51. The molecule has 1 aromatic heterocycles. The SMILES string of the molecule is CCC(Nc1cc(OC)ccc1N)c1ncc[nH]1. The molecule has 0 saturated carbocycles. The molecule has 1 heterocycles. The van der Waals surface area contributed by atoms with E-state index in [4.69, 9.17) is 10.5 Å². The lowest BCUT2D eigenvalue weighted by Gasteiger charge is -2.18. The first-order valence-electron chi connectivity index (χ1n) is 5.94. The van der Waals surface area contributed by atoms with Crippen molar-refractivity contribution < 1.29 is 4.74 Å². The Morgan fingerprint density at radius 3 is 2.94 bits per heavy atom. The van der Waals surface area contributed by atoms with Gasteiger partial charge >= 0.3 is 0 Å². The Bertz CT molecular complexity index is 496. The minimum atomic E-state index is 0.106. The van der Waals surface area contributed by atoms with Crippen molar-refractivity contribution in [1.82, 2.24) is 9.97 Å². The van der Waals surface area contributed by atoms with Gasteiger partial charge in [0, 0.05) is 18.5 Å². The van der Waals surface area contributed by atoms with E-state index in [-0.39, 0.29) is 6.04 Å². The van der Waals surface area contributed by atoms with Crippen LogP contribution in [-0.2, 0) is 0 Å². The summed E-state index contributed by atoms with van der Waals surface area (Å²) in [7, 11) is 1.64. The number of imidazole rings is 1. The average molecular weight is 246 g/mol. The van der Waals surface area contributed by atoms with Crippen LogP contribution in [0, 0.1) is 0 Å². The largest absolute Gasteiger partial charge is 0.497 e. The fraction of sp³-hybridized carbons (Fsp3) is 0.308. The molecule has 0 fully saturated rings. The molecule has 0 aliphatic carbocycles. The molecular formula is C13H18N4O. The molecule has 1 unspecified atom stereocenters. The Balaban J connectivity index is 2.21. The van der Waals surface area contributed by atoms with Crippen LogP contribution >= 0.6 is 0 Å². The minimum absolute atomic E-state index is 0.106. The van der Waals surface area contributed by atoms with Crippen LogP contribution in [0.15, 0.2) is 30.6 Å². The van der Waals surface area contributed by atoms with E-state index in [2.05, 4.69) is 22.2 Å². The Morgan fingerprint density at radius 1 is 1.50 bits per heavy atom. The van der Waals surface area contributed by atoms with E-state index in [1.807, 2.05) is 24.4 Å². The van der Waals surface area contributed by atoms with Crippen LogP contribution in [0.3, 0.4) is 0 Å². The molecule has 4 N–H and O–H groups in total. The molecule has 2 aromatic rings. The van der Waals surface area contributed by atoms with Crippen molar-refractivity contribution >= 4 is 11.4 Å². The molecule has 0 bridgehead atoms. The number of nitrogen functional groups attached to an aromatic ring is 1. The maximum Gasteiger partial charge on any atom is 0.128 e. The Kier molecular flexibility index (Phi) is 3.72. The van der Waals surface area contributed by atoms with Crippen molar-refractivity contribution in [2.75, 3.05) is 18.2 Å². The summed E-state index contributed by atoms with van der Waals surface area (Å²) in [6.07, 6.45) is 4.47. The predicted molar refractivity (Wildman–Crippen MR) is 72.6 cm³/mol. The van der Waals surface area contributed by atoms with Crippen molar-refractivity contribution in [2.45, 2.75) is 19.4 Å². The molecule has 0 aliphatic heterocycles. The van der Waals surface area contributed by atoms with Crippen molar-refractivity contribution in [1.29, 1.82) is 0 Å². The topological polar surface area (TPSA) is 76.0 Å². The number of aromatic nitrogens is 2. The van der Waals surface area contributed by atoms with Gasteiger partial charge in [-0.3, -0.25) is 0 Å². The number of hydrogen-bond acceptors (Lipinski definition) is 4. The number of methoxy groups -OCH3 is 1. The van der Waals surface area contributed by atoms with Crippen LogP contribution < -0.4 is 15.8 Å². The maximum atomic E-state index is 5.95. The van der Waals surface area contributed by atoms with E-state index in [1.54, 1.807) is 13.3 Å². The number of nitrogens with two attached hydrogens (primary N) is 1. The van der Waals surface area contributed by atoms with Crippen LogP contribution in [-0.4, -0.2) is 17.1 Å². The fourth-order valence-electron chi connectivity index (χ4n) is 1.81. The number of nitrogens with zero attached hydrogens (tertiary/aromatic N) is 1. The molecule has 5 heteroatoms. The van der Waals surface area contributed by atoms with E-state index in [0.29, 0.717) is 5.69 Å². The van der Waals surface area contributed by atoms with Gasteiger partial charge in [0.15, 0.2) is 0 Å². The number of benzene rings is 1. The molecule has 5 nitrogen and oxygen atoms in total. The zero-order chi connectivity index (χ0) is 13.0. The summed E-state index contributed by atoms with van der Waals surface area (Å²) in [6.45, 7) is 2.09. The number of H-pyrrole nitrogens is 1. The summed E-state index contributed by atoms with van der Waals surface area (Å²) in [4.78, 5) is 7.38. The lowest BCUT2D eigenvalue weighted by atomic mass is 10.2. The highest BCUT2D eigenvalue weighted by atomic mass is 16.5. The van der Waals surface area contributed by atoms with Crippen LogP contribution in [0.25, 0.3) is 0 Å². The third-order valence-corrected chi connectivity index (χ3v) is 2.85. The first-order valence-corrected chi connectivity index (χ1v) is 5.94. The Hall–Kier alpha value is -2.17. The summed E-state index contributed by atoms with van der Waals surface area (Å²) >= 11 is 0. The van der Waals surface area contributed by atoms with E-state index in [1.165, 1.54) is 0 Å². The Labute approximate surface area is 106 Å². The summed E-state index contributed by atoms with van der Waals surface area (Å²) in [6, 6.07) is 5.67. The van der Waals surface area contributed by atoms with Gasteiger partial charge in [0.05, 0.1) is 24.5 Å². The van der Waals surface area contributed by atoms with Crippen molar-refractivity contribution in [3.8, 4) is 5.75 Å². The zero-order valence-corrected chi connectivity index (χ0v) is 10.6. The monoisotopic (exact) mass is 246 g/mol. The van der Waals surface area contributed by atoms with Gasteiger partial charge < -0.3 is 20.8 Å². The van der Waals surface area contributed by atoms with Gasteiger partial charge in [0.25, 0.3) is 0 Å². The van der Waals surface area contributed by atoms with Crippen molar-refractivity contribution in [3.63, 3.8) is 0 Å². The Morgan fingerprint density at radius 2 is 2.33 bits per heavy atom. The number of hydrogen-bond donors (Lipinski definition) is 3. The number of anilines is 2. The zero-order valence-electron chi connectivity index (χ0n) is 10.6. The van der Waals surface area contributed by atoms with E-state index >= 15 is 0 Å². The summed E-state index contributed by atoms with van der Waals surface area (Å²) in [5, 5.41) is 3.38. The number of nitrogens with one attached hydrogen (secondary N) is 2. The number of aromatic amines is 1. The third-order valence-electron chi connectivity index (χ3n) is 2.85. The summed E-state index contributed by atoms with van der Waals surface area (Å²) < 4.78 is 5.20. The molecule has 0 saturated heterocycles.